The molecule has 0 aromatic heterocycles. The molecule has 128 valence electrons. The summed E-state index contributed by atoms with van der Waals surface area (Å²) in [6.07, 6.45) is 4.74. The van der Waals surface area contributed by atoms with Gasteiger partial charge in [-0.3, -0.25) is 4.79 Å². The summed E-state index contributed by atoms with van der Waals surface area (Å²) >= 11 is 0. The average Bonchev–Trinajstić information content (AvgIpc) is 3.47. The lowest BCUT2D eigenvalue weighted by Crippen LogP contribution is -2.56. The number of urea groups is 1. The van der Waals surface area contributed by atoms with Crippen LogP contribution >= 0.6 is 0 Å². The van der Waals surface area contributed by atoms with E-state index in [-0.39, 0.29) is 23.8 Å². The quantitative estimate of drug-likeness (QED) is 0.888. The van der Waals surface area contributed by atoms with E-state index in [0.29, 0.717) is 30.5 Å². The van der Waals surface area contributed by atoms with Crippen LogP contribution in [0.25, 0.3) is 0 Å². The summed E-state index contributed by atoms with van der Waals surface area (Å²) in [5.41, 5.74) is 0.637. The summed E-state index contributed by atoms with van der Waals surface area (Å²) < 4.78 is 13.2. The van der Waals surface area contributed by atoms with Crippen LogP contribution in [0.15, 0.2) is 24.3 Å². The number of carbonyl (C=O) groups is 2. The van der Waals surface area contributed by atoms with Crippen LogP contribution in [-0.4, -0.2) is 36.0 Å². The Kier molecular flexibility index (Phi) is 3.90. The molecule has 3 amide bonds. The largest absolute Gasteiger partial charge is 0.352 e. The summed E-state index contributed by atoms with van der Waals surface area (Å²) in [4.78, 5) is 26.8. The number of hydrogen-bond donors (Lipinski definition) is 2. The molecule has 24 heavy (non-hydrogen) atoms. The minimum Gasteiger partial charge on any atom is -0.352 e. The van der Waals surface area contributed by atoms with Crippen molar-refractivity contribution >= 4 is 11.9 Å². The summed E-state index contributed by atoms with van der Waals surface area (Å²) in [6, 6.07) is 5.17. The Bertz CT molecular complexity index is 628. The van der Waals surface area contributed by atoms with Crippen molar-refractivity contribution in [3.63, 3.8) is 0 Å². The van der Waals surface area contributed by atoms with Gasteiger partial charge in [0, 0.05) is 19.1 Å². The average molecular weight is 331 g/mol. The highest BCUT2D eigenvalue weighted by molar-refractivity contribution is 5.89. The number of piperazine rings is 1. The van der Waals surface area contributed by atoms with Gasteiger partial charge in [0.05, 0.1) is 0 Å². The standard InChI is InChI=1S/C18H22FN3O2/c19-14-7-5-13(6-8-14)16-17(23)20-9-10-22(16)18(24)21-15(11-1-2-11)12-3-4-12/h5-8,11-12,15-16H,1-4,9-10H2,(H,20,23)(H,21,24)/t16-/m1/s1. The summed E-state index contributed by atoms with van der Waals surface area (Å²) in [5.74, 6) is 0.638. The lowest BCUT2D eigenvalue weighted by Gasteiger charge is -2.36. The van der Waals surface area contributed by atoms with E-state index >= 15 is 0 Å². The third kappa shape index (κ3) is 3.09. The zero-order valence-electron chi connectivity index (χ0n) is 13.5. The van der Waals surface area contributed by atoms with Crippen molar-refractivity contribution < 1.29 is 14.0 Å². The Morgan fingerprint density at radius 1 is 1.17 bits per heavy atom. The molecule has 6 heteroatoms. The molecule has 1 saturated heterocycles. The van der Waals surface area contributed by atoms with Gasteiger partial charge in [0.25, 0.3) is 0 Å². The molecule has 1 heterocycles. The molecular formula is C18H22FN3O2. The Morgan fingerprint density at radius 3 is 2.38 bits per heavy atom. The van der Waals surface area contributed by atoms with Crippen molar-refractivity contribution in [2.75, 3.05) is 13.1 Å². The molecule has 1 aromatic carbocycles. The minimum atomic E-state index is -0.696. The normalized spacial score (nSPS) is 24.0. The van der Waals surface area contributed by atoms with Crippen molar-refractivity contribution in [1.29, 1.82) is 0 Å². The van der Waals surface area contributed by atoms with Crippen LogP contribution in [-0.2, 0) is 4.79 Å². The van der Waals surface area contributed by atoms with E-state index in [1.165, 1.54) is 37.8 Å². The fourth-order valence-corrected chi connectivity index (χ4v) is 3.62. The van der Waals surface area contributed by atoms with Gasteiger partial charge in [-0.1, -0.05) is 12.1 Å². The molecular weight excluding hydrogens is 309 g/mol. The molecule has 1 aromatic rings. The third-order valence-electron chi connectivity index (χ3n) is 5.21. The molecule has 1 aliphatic heterocycles. The number of benzene rings is 1. The second-order valence-corrected chi connectivity index (χ2v) is 7.09. The van der Waals surface area contributed by atoms with Crippen LogP contribution < -0.4 is 10.6 Å². The molecule has 3 aliphatic rings. The van der Waals surface area contributed by atoms with Gasteiger partial charge in [0.15, 0.2) is 0 Å². The zero-order chi connectivity index (χ0) is 16.7. The number of carbonyl (C=O) groups excluding carboxylic acids is 2. The Morgan fingerprint density at radius 2 is 1.79 bits per heavy atom. The fourth-order valence-electron chi connectivity index (χ4n) is 3.62. The van der Waals surface area contributed by atoms with E-state index in [0.717, 1.165) is 0 Å². The van der Waals surface area contributed by atoms with Crippen LogP contribution in [0.3, 0.4) is 0 Å². The third-order valence-corrected chi connectivity index (χ3v) is 5.21. The second-order valence-electron chi connectivity index (χ2n) is 7.09. The van der Waals surface area contributed by atoms with Gasteiger partial charge >= 0.3 is 6.03 Å². The molecule has 4 rings (SSSR count). The van der Waals surface area contributed by atoms with Gasteiger partial charge in [-0.05, 0) is 55.2 Å². The van der Waals surface area contributed by atoms with Gasteiger partial charge in [-0.2, -0.15) is 0 Å². The van der Waals surface area contributed by atoms with Crippen LogP contribution in [0.5, 0.6) is 0 Å². The monoisotopic (exact) mass is 331 g/mol. The van der Waals surface area contributed by atoms with Gasteiger partial charge in [0.2, 0.25) is 5.91 Å². The van der Waals surface area contributed by atoms with Crippen LogP contribution in [0, 0.1) is 17.7 Å². The SMILES string of the molecule is O=C1NCCN(C(=O)NC(C2CC2)C2CC2)[C@@H]1c1ccc(F)cc1. The van der Waals surface area contributed by atoms with Crippen molar-refractivity contribution in [1.82, 2.24) is 15.5 Å². The van der Waals surface area contributed by atoms with E-state index in [4.69, 9.17) is 0 Å². The molecule has 3 fully saturated rings. The lowest BCUT2D eigenvalue weighted by atomic mass is 10.0. The van der Waals surface area contributed by atoms with Gasteiger partial charge in [0.1, 0.15) is 11.9 Å². The molecule has 2 saturated carbocycles. The van der Waals surface area contributed by atoms with E-state index in [1.54, 1.807) is 17.0 Å². The number of rotatable bonds is 4. The highest BCUT2D eigenvalue weighted by Gasteiger charge is 2.44. The molecule has 2 aliphatic carbocycles. The number of nitrogens with one attached hydrogen (secondary N) is 2. The maximum absolute atomic E-state index is 13.2. The number of amides is 3. The van der Waals surface area contributed by atoms with Crippen molar-refractivity contribution in [2.24, 2.45) is 11.8 Å². The van der Waals surface area contributed by atoms with E-state index in [2.05, 4.69) is 10.6 Å². The lowest BCUT2D eigenvalue weighted by molar-refractivity contribution is -0.127. The summed E-state index contributed by atoms with van der Waals surface area (Å²) in [6.45, 7) is 0.906. The first kappa shape index (κ1) is 15.4. The smallest absolute Gasteiger partial charge is 0.318 e. The molecule has 0 radical (unpaired) electrons. The maximum Gasteiger partial charge on any atom is 0.318 e. The zero-order valence-corrected chi connectivity index (χ0v) is 13.5. The number of halogens is 1. The van der Waals surface area contributed by atoms with Crippen molar-refractivity contribution in [3.8, 4) is 0 Å². The first-order chi connectivity index (χ1) is 11.6. The topological polar surface area (TPSA) is 61.4 Å². The number of hydrogen-bond acceptors (Lipinski definition) is 2. The van der Waals surface area contributed by atoms with Gasteiger partial charge in [-0.25, -0.2) is 9.18 Å². The second kappa shape index (κ2) is 6.07. The highest BCUT2D eigenvalue weighted by atomic mass is 19.1. The van der Waals surface area contributed by atoms with E-state index in [9.17, 15) is 14.0 Å². The fraction of sp³-hybridized carbons (Fsp3) is 0.556. The van der Waals surface area contributed by atoms with Crippen LogP contribution in [0.2, 0.25) is 0 Å². The summed E-state index contributed by atoms with van der Waals surface area (Å²) in [5, 5.41) is 5.97. The Balaban J connectivity index is 1.53. The van der Waals surface area contributed by atoms with Crippen molar-refractivity contribution in [3.05, 3.63) is 35.6 Å². The maximum atomic E-state index is 13.2. The van der Waals surface area contributed by atoms with E-state index < -0.39 is 6.04 Å². The van der Waals surface area contributed by atoms with Gasteiger partial charge in [-0.15, -0.1) is 0 Å². The molecule has 0 unspecified atom stereocenters. The van der Waals surface area contributed by atoms with E-state index in [1.807, 2.05) is 0 Å². The predicted molar refractivity (Wildman–Crippen MR) is 86.6 cm³/mol. The minimum absolute atomic E-state index is 0.178. The number of nitrogens with zero attached hydrogens (tertiary/aromatic N) is 1. The molecule has 5 nitrogen and oxygen atoms in total. The summed E-state index contributed by atoms with van der Waals surface area (Å²) in [7, 11) is 0. The molecule has 0 bridgehead atoms. The first-order valence-electron chi connectivity index (χ1n) is 8.74. The molecule has 2 N–H and O–H groups in total. The van der Waals surface area contributed by atoms with Crippen molar-refractivity contribution in [2.45, 2.75) is 37.8 Å². The molecule has 1 atom stereocenters. The molecule has 0 spiro atoms. The van der Waals surface area contributed by atoms with Gasteiger partial charge < -0.3 is 15.5 Å². The van der Waals surface area contributed by atoms with Crippen LogP contribution in [0.1, 0.15) is 37.3 Å². The highest BCUT2D eigenvalue weighted by Crippen LogP contribution is 2.44. The Hall–Kier alpha value is -2.11. The predicted octanol–water partition coefficient (Wildman–Crippen LogP) is 2.20. The van der Waals surface area contributed by atoms with Crippen LogP contribution in [0.4, 0.5) is 9.18 Å². The Labute approximate surface area is 140 Å². The first-order valence-corrected chi connectivity index (χ1v) is 8.74.